The Bertz CT molecular complexity index is 999. The molecule has 2 N–H and O–H groups in total. The zero-order valence-electron chi connectivity index (χ0n) is 13.2. The van der Waals surface area contributed by atoms with E-state index in [1.807, 2.05) is 37.9 Å². The van der Waals surface area contributed by atoms with Gasteiger partial charge in [0.05, 0.1) is 17.9 Å². The summed E-state index contributed by atoms with van der Waals surface area (Å²) in [5.41, 5.74) is 3.83. The lowest BCUT2D eigenvalue weighted by Crippen LogP contribution is -2.11. The van der Waals surface area contributed by atoms with Gasteiger partial charge >= 0.3 is 0 Å². The second-order valence-electron chi connectivity index (χ2n) is 5.75. The molecule has 1 aromatic carbocycles. The molecule has 0 aliphatic rings. The molecule has 0 aliphatic carbocycles. The van der Waals surface area contributed by atoms with Gasteiger partial charge < -0.3 is 10.3 Å². The summed E-state index contributed by atoms with van der Waals surface area (Å²) in [7, 11) is 1.88. The van der Waals surface area contributed by atoms with E-state index in [4.69, 9.17) is 0 Å². The van der Waals surface area contributed by atoms with Crippen molar-refractivity contribution in [2.24, 2.45) is 7.05 Å². The van der Waals surface area contributed by atoms with Crippen molar-refractivity contribution >= 4 is 27.4 Å². The highest BCUT2D eigenvalue weighted by Gasteiger charge is 2.21. The molecule has 0 fully saturated rings. The van der Waals surface area contributed by atoms with Gasteiger partial charge in [-0.2, -0.15) is 5.10 Å². The van der Waals surface area contributed by atoms with Crippen molar-refractivity contribution in [2.75, 3.05) is 5.32 Å². The van der Waals surface area contributed by atoms with Gasteiger partial charge in [0.25, 0.3) is 0 Å². The van der Waals surface area contributed by atoms with Crippen LogP contribution in [0.25, 0.3) is 10.9 Å². The molecule has 4 aromatic rings. The van der Waals surface area contributed by atoms with E-state index in [1.165, 1.54) is 6.07 Å². The van der Waals surface area contributed by atoms with Crippen molar-refractivity contribution in [1.82, 2.24) is 19.7 Å². The molecule has 0 aliphatic heterocycles. The number of nitrogens with one attached hydrogen (secondary N) is 2. The second-order valence-corrected chi connectivity index (χ2v) is 6.61. The van der Waals surface area contributed by atoms with Gasteiger partial charge in [-0.25, -0.2) is 9.37 Å². The van der Waals surface area contributed by atoms with E-state index in [0.29, 0.717) is 0 Å². The maximum absolute atomic E-state index is 13.7. The summed E-state index contributed by atoms with van der Waals surface area (Å²) in [6.45, 7) is 1.96. The minimum Gasteiger partial charge on any atom is -0.361 e. The summed E-state index contributed by atoms with van der Waals surface area (Å²) in [6, 6.07) is 4.60. The van der Waals surface area contributed by atoms with E-state index in [2.05, 4.69) is 20.4 Å². The number of aromatic amines is 1. The molecule has 0 amide bonds. The third-order valence-corrected chi connectivity index (χ3v) is 4.82. The van der Waals surface area contributed by atoms with E-state index in [0.717, 1.165) is 32.9 Å². The molecule has 4 rings (SSSR count). The van der Waals surface area contributed by atoms with Crippen molar-refractivity contribution in [2.45, 2.75) is 13.0 Å². The average molecular weight is 341 g/mol. The Morgan fingerprint density at radius 2 is 2.25 bits per heavy atom. The summed E-state index contributed by atoms with van der Waals surface area (Å²) in [4.78, 5) is 7.70. The number of fused-ring (bicyclic) bond motifs is 1. The number of nitrogens with zero attached hydrogens (tertiary/aromatic N) is 3. The van der Waals surface area contributed by atoms with Crippen molar-refractivity contribution in [3.8, 4) is 0 Å². The van der Waals surface area contributed by atoms with Gasteiger partial charge in [-0.05, 0) is 25.1 Å². The summed E-state index contributed by atoms with van der Waals surface area (Å²) in [6.07, 6.45) is 5.68. The van der Waals surface area contributed by atoms with Crippen LogP contribution in [0.15, 0.2) is 42.2 Å². The molecule has 0 radical (unpaired) electrons. The average Bonchev–Trinajstić information content (AvgIpc) is 3.25. The maximum atomic E-state index is 13.7. The molecule has 0 spiro atoms. The molecular weight excluding hydrogens is 325 g/mol. The van der Waals surface area contributed by atoms with Crippen LogP contribution < -0.4 is 5.32 Å². The van der Waals surface area contributed by atoms with Crippen LogP contribution in [0.3, 0.4) is 0 Å². The number of anilines is 1. The Morgan fingerprint density at radius 3 is 2.96 bits per heavy atom. The molecule has 7 heteroatoms. The molecule has 1 unspecified atom stereocenters. The highest BCUT2D eigenvalue weighted by molar-refractivity contribution is 7.13. The second kappa shape index (κ2) is 5.76. The molecule has 3 heterocycles. The number of aryl methyl sites for hydroxylation is 2. The highest BCUT2D eigenvalue weighted by Crippen LogP contribution is 2.33. The third-order valence-electron chi connectivity index (χ3n) is 3.93. The molecule has 0 bridgehead atoms. The predicted molar refractivity (Wildman–Crippen MR) is 93.8 cm³/mol. The topological polar surface area (TPSA) is 58.5 Å². The molecule has 0 saturated carbocycles. The maximum Gasteiger partial charge on any atom is 0.183 e. The van der Waals surface area contributed by atoms with Gasteiger partial charge in [0.15, 0.2) is 5.13 Å². The number of hydrogen-bond donors (Lipinski definition) is 2. The fourth-order valence-corrected chi connectivity index (χ4v) is 3.54. The lowest BCUT2D eigenvalue weighted by molar-refractivity contribution is 0.629. The van der Waals surface area contributed by atoms with Gasteiger partial charge in [0, 0.05) is 46.9 Å². The number of thiazole rings is 1. The number of H-pyrrole nitrogens is 1. The van der Waals surface area contributed by atoms with Gasteiger partial charge in [-0.15, -0.1) is 11.3 Å². The minimum atomic E-state index is -0.252. The molecule has 1 atom stereocenters. The Morgan fingerprint density at radius 1 is 1.38 bits per heavy atom. The molecule has 3 aromatic heterocycles. The normalized spacial score (nSPS) is 12.6. The predicted octanol–water partition coefficient (Wildman–Crippen LogP) is 4.01. The van der Waals surface area contributed by atoms with E-state index >= 15 is 0 Å². The van der Waals surface area contributed by atoms with E-state index < -0.39 is 0 Å². The standard InChI is InChI=1S/C17H16FN5S/c1-10-9-24-17(21-10)22-16(11-6-20-23(2)8-11)14-7-19-15-4-3-12(18)5-13(14)15/h3-9,16,19H,1-2H3,(H,21,22). The van der Waals surface area contributed by atoms with Gasteiger partial charge in [0.1, 0.15) is 5.82 Å². The molecular formula is C17H16FN5S. The zero-order chi connectivity index (χ0) is 16.7. The summed E-state index contributed by atoms with van der Waals surface area (Å²) in [5.74, 6) is -0.252. The molecule has 24 heavy (non-hydrogen) atoms. The van der Waals surface area contributed by atoms with E-state index in [-0.39, 0.29) is 11.9 Å². The van der Waals surface area contributed by atoms with Crippen LogP contribution in [-0.4, -0.2) is 19.7 Å². The summed E-state index contributed by atoms with van der Waals surface area (Å²) >= 11 is 1.55. The molecule has 122 valence electrons. The first-order valence-corrected chi connectivity index (χ1v) is 8.42. The number of aromatic nitrogens is 4. The minimum absolute atomic E-state index is 0.167. The largest absolute Gasteiger partial charge is 0.361 e. The van der Waals surface area contributed by atoms with E-state index in [1.54, 1.807) is 28.2 Å². The van der Waals surface area contributed by atoms with Crippen LogP contribution in [-0.2, 0) is 7.05 Å². The highest BCUT2D eigenvalue weighted by atomic mass is 32.1. The van der Waals surface area contributed by atoms with Crippen LogP contribution in [0.2, 0.25) is 0 Å². The number of hydrogen-bond acceptors (Lipinski definition) is 4. The fourth-order valence-electron chi connectivity index (χ4n) is 2.83. The Kier molecular flexibility index (Phi) is 3.57. The monoisotopic (exact) mass is 341 g/mol. The smallest absolute Gasteiger partial charge is 0.183 e. The van der Waals surface area contributed by atoms with Crippen LogP contribution in [0.5, 0.6) is 0 Å². The number of rotatable bonds is 4. The lowest BCUT2D eigenvalue weighted by Gasteiger charge is -2.16. The SMILES string of the molecule is Cc1csc(NC(c2cnn(C)c2)c2c[nH]c3ccc(F)cc23)n1. The first-order chi connectivity index (χ1) is 11.6. The van der Waals surface area contributed by atoms with Crippen molar-refractivity contribution < 1.29 is 4.39 Å². The summed E-state index contributed by atoms with van der Waals surface area (Å²) < 4.78 is 15.5. The van der Waals surface area contributed by atoms with Gasteiger partial charge in [0.2, 0.25) is 0 Å². The van der Waals surface area contributed by atoms with Crippen molar-refractivity contribution in [1.29, 1.82) is 0 Å². The van der Waals surface area contributed by atoms with E-state index in [9.17, 15) is 4.39 Å². The number of benzene rings is 1. The summed E-state index contributed by atoms with van der Waals surface area (Å²) in [5, 5.41) is 11.4. The third kappa shape index (κ3) is 2.67. The molecule has 5 nitrogen and oxygen atoms in total. The Balaban J connectivity index is 1.83. The fraction of sp³-hybridized carbons (Fsp3) is 0.176. The van der Waals surface area contributed by atoms with Crippen LogP contribution in [0.4, 0.5) is 9.52 Å². The zero-order valence-corrected chi connectivity index (χ0v) is 14.1. The van der Waals surface area contributed by atoms with Crippen LogP contribution in [0.1, 0.15) is 22.9 Å². The van der Waals surface area contributed by atoms with Crippen molar-refractivity contribution in [3.05, 3.63) is 64.8 Å². The van der Waals surface area contributed by atoms with Crippen LogP contribution >= 0.6 is 11.3 Å². The quantitative estimate of drug-likeness (QED) is 0.590. The molecule has 0 saturated heterocycles. The van der Waals surface area contributed by atoms with Crippen LogP contribution in [0, 0.1) is 12.7 Å². The Labute approximate surface area is 142 Å². The van der Waals surface area contributed by atoms with Gasteiger partial charge in [-0.1, -0.05) is 0 Å². The first kappa shape index (κ1) is 14.9. The number of halogens is 1. The van der Waals surface area contributed by atoms with Gasteiger partial charge in [-0.3, -0.25) is 4.68 Å². The van der Waals surface area contributed by atoms with Crippen molar-refractivity contribution in [3.63, 3.8) is 0 Å². The first-order valence-electron chi connectivity index (χ1n) is 7.54. The Hall–Kier alpha value is -2.67. The lowest BCUT2D eigenvalue weighted by atomic mass is 10.0.